The summed E-state index contributed by atoms with van der Waals surface area (Å²) in [5.74, 6) is 1.40. The summed E-state index contributed by atoms with van der Waals surface area (Å²) in [6.45, 7) is 3.90. The van der Waals surface area contributed by atoms with Gasteiger partial charge in [-0.15, -0.1) is 20.4 Å². The number of thioether (sulfide) groups is 1. The highest BCUT2D eigenvalue weighted by atomic mass is 32.2. The number of aromatic nitrogens is 4. The Labute approximate surface area is 215 Å². The van der Waals surface area contributed by atoms with Crippen molar-refractivity contribution in [1.29, 1.82) is 0 Å². The van der Waals surface area contributed by atoms with Crippen molar-refractivity contribution in [2.45, 2.75) is 26.7 Å². The van der Waals surface area contributed by atoms with Gasteiger partial charge in [-0.05, 0) is 49.6 Å². The van der Waals surface area contributed by atoms with Crippen molar-refractivity contribution in [3.8, 4) is 0 Å². The molecular formula is C24H24N6O2S3. The molecule has 2 N–H and O–H groups in total. The molecule has 0 aliphatic heterocycles. The van der Waals surface area contributed by atoms with E-state index in [1.54, 1.807) is 23.9 Å². The molecule has 180 valence electrons. The zero-order valence-electron chi connectivity index (χ0n) is 19.3. The van der Waals surface area contributed by atoms with Crippen LogP contribution < -0.4 is 10.6 Å². The molecule has 2 amide bonds. The Bertz CT molecular complexity index is 1220. The zero-order valence-corrected chi connectivity index (χ0v) is 21.7. The van der Waals surface area contributed by atoms with Gasteiger partial charge < -0.3 is 0 Å². The van der Waals surface area contributed by atoms with E-state index in [2.05, 4.69) is 31.0 Å². The van der Waals surface area contributed by atoms with Crippen molar-refractivity contribution in [2.24, 2.45) is 0 Å². The second-order valence-corrected chi connectivity index (χ2v) is 11.1. The molecule has 0 unspecified atom stereocenters. The first-order valence-electron chi connectivity index (χ1n) is 10.9. The van der Waals surface area contributed by atoms with Gasteiger partial charge >= 0.3 is 0 Å². The van der Waals surface area contributed by atoms with Gasteiger partial charge in [0, 0.05) is 24.0 Å². The van der Waals surface area contributed by atoms with E-state index in [1.165, 1.54) is 22.7 Å². The fourth-order valence-electron chi connectivity index (χ4n) is 3.14. The van der Waals surface area contributed by atoms with Crippen molar-refractivity contribution in [2.75, 3.05) is 22.1 Å². The van der Waals surface area contributed by atoms with Crippen LogP contribution in [0.3, 0.4) is 0 Å². The zero-order chi connectivity index (χ0) is 24.6. The van der Waals surface area contributed by atoms with E-state index in [9.17, 15) is 9.59 Å². The molecule has 0 atom stereocenters. The topological polar surface area (TPSA) is 110 Å². The summed E-state index contributed by atoms with van der Waals surface area (Å²) >= 11 is 4.58. The largest absolute Gasteiger partial charge is 0.296 e. The lowest BCUT2D eigenvalue weighted by atomic mass is 10.1. The number of amides is 2. The fraction of sp³-hybridized carbons (Fsp3) is 0.250. The highest BCUT2D eigenvalue weighted by Gasteiger charge is 2.12. The lowest BCUT2D eigenvalue weighted by Gasteiger charge is -2.01. The summed E-state index contributed by atoms with van der Waals surface area (Å²) < 4.78 is 0. The van der Waals surface area contributed by atoms with Crippen LogP contribution in [0.5, 0.6) is 0 Å². The lowest BCUT2D eigenvalue weighted by molar-refractivity contribution is 0.101. The first-order valence-corrected chi connectivity index (χ1v) is 13.7. The van der Waals surface area contributed by atoms with E-state index < -0.39 is 0 Å². The van der Waals surface area contributed by atoms with E-state index in [1.807, 2.05) is 50.2 Å². The van der Waals surface area contributed by atoms with E-state index in [4.69, 9.17) is 0 Å². The Balaban J connectivity index is 1.16. The Kier molecular flexibility index (Phi) is 8.56. The number of benzene rings is 2. The molecule has 2 aromatic carbocycles. The maximum absolute atomic E-state index is 12.3. The van der Waals surface area contributed by atoms with Crippen LogP contribution in [0.25, 0.3) is 0 Å². The molecule has 35 heavy (non-hydrogen) atoms. The number of aryl methyl sites for hydroxylation is 4. The minimum absolute atomic E-state index is 0.183. The highest BCUT2D eigenvalue weighted by molar-refractivity contribution is 7.99. The van der Waals surface area contributed by atoms with Crippen LogP contribution >= 0.6 is 34.4 Å². The summed E-state index contributed by atoms with van der Waals surface area (Å²) in [6, 6.07) is 14.9. The number of nitrogens with one attached hydrogen (secondary N) is 2. The third-order valence-electron chi connectivity index (χ3n) is 4.86. The predicted octanol–water partition coefficient (Wildman–Crippen LogP) is 5.03. The normalized spacial score (nSPS) is 10.8. The van der Waals surface area contributed by atoms with Crippen molar-refractivity contribution >= 4 is 56.5 Å². The monoisotopic (exact) mass is 524 g/mol. The van der Waals surface area contributed by atoms with Crippen LogP contribution in [0.1, 0.15) is 41.9 Å². The molecule has 4 rings (SSSR count). The number of hydrogen-bond acceptors (Lipinski definition) is 9. The molecule has 8 nitrogen and oxygen atoms in total. The van der Waals surface area contributed by atoms with Gasteiger partial charge in [0.15, 0.2) is 0 Å². The molecule has 4 aromatic rings. The molecule has 2 aromatic heterocycles. The maximum Gasteiger partial charge on any atom is 0.257 e. The third-order valence-corrected chi connectivity index (χ3v) is 7.64. The molecule has 2 heterocycles. The van der Waals surface area contributed by atoms with Crippen LogP contribution in [-0.2, 0) is 12.8 Å². The number of hydrogen-bond donors (Lipinski definition) is 2. The average Bonchev–Trinajstić information content (AvgIpc) is 3.48. The van der Waals surface area contributed by atoms with E-state index in [0.29, 0.717) is 21.4 Å². The van der Waals surface area contributed by atoms with Crippen molar-refractivity contribution in [3.05, 3.63) is 80.8 Å². The van der Waals surface area contributed by atoms with Gasteiger partial charge in [-0.3, -0.25) is 20.2 Å². The minimum atomic E-state index is -0.183. The summed E-state index contributed by atoms with van der Waals surface area (Å²) in [4.78, 5) is 24.7. The van der Waals surface area contributed by atoms with E-state index >= 15 is 0 Å². The Morgan fingerprint density at radius 1 is 0.743 bits per heavy atom. The van der Waals surface area contributed by atoms with Crippen molar-refractivity contribution in [1.82, 2.24) is 20.4 Å². The number of anilines is 2. The quantitative estimate of drug-likeness (QED) is 0.280. The van der Waals surface area contributed by atoms with Gasteiger partial charge in [-0.1, -0.05) is 58.1 Å². The van der Waals surface area contributed by atoms with Gasteiger partial charge in [-0.25, -0.2) is 0 Å². The Morgan fingerprint density at radius 3 is 1.63 bits per heavy atom. The lowest BCUT2D eigenvalue weighted by Crippen LogP contribution is -2.11. The first kappa shape index (κ1) is 25.0. The van der Waals surface area contributed by atoms with E-state index in [-0.39, 0.29) is 11.8 Å². The second-order valence-electron chi connectivity index (χ2n) is 7.76. The predicted molar refractivity (Wildman–Crippen MR) is 143 cm³/mol. The van der Waals surface area contributed by atoms with Crippen molar-refractivity contribution < 1.29 is 9.59 Å². The van der Waals surface area contributed by atoms with E-state index in [0.717, 1.165) is 45.5 Å². The standard InChI is InChI=1S/C24H24N6O2S3/c1-15-5-3-7-17(13-15)21(31)25-23-29-27-19(34-23)9-11-33-12-10-20-28-30-24(35-20)26-22(32)18-8-4-6-16(2)14-18/h3-8,13-14H,9-12H2,1-2H3,(H,25,29,31)(H,26,30,32). The van der Waals surface area contributed by atoms with Gasteiger partial charge in [-0.2, -0.15) is 11.8 Å². The average molecular weight is 525 g/mol. The molecular weight excluding hydrogens is 501 g/mol. The minimum Gasteiger partial charge on any atom is -0.296 e. The Morgan fingerprint density at radius 2 is 1.20 bits per heavy atom. The van der Waals surface area contributed by atoms with Gasteiger partial charge in [0.05, 0.1) is 0 Å². The third kappa shape index (κ3) is 7.41. The van der Waals surface area contributed by atoms with Crippen LogP contribution in [0.4, 0.5) is 10.3 Å². The fourth-order valence-corrected chi connectivity index (χ4v) is 5.75. The molecule has 0 aliphatic carbocycles. The van der Waals surface area contributed by atoms with Gasteiger partial charge in [0.2, 0.25) is 10.3 Å². The van der Waals surface area contributed by atoms with Crippen LogP contribution in [0, 0.1) is 13.8 Å². The SMILES string of the molecule is Cc1cccc(C(=O)Nc2nnc(CCSCCc3nnc(NC(=O)c4cccc(C)c4)s3)s2)c1. The number of nitrogens with zero attached hydrogens (tertiary/aromatic N) is 4. The van der Waals surface area contributed by atoms with Gasteiger partial charge in [0.1, 0.15) is 10.0 Å². The second kappa shape index (κ2) is 12.0. The number of carbonyl (C=O) groups excluding carboxylic acids is 2. The first-order chi connectivity index (χ1) is 17.0. The highest BCUT2D eigenvalue weighted by Crippen LogP contribution is 2.21. The summed E-state index contributed by atoms with van der Waals surface area (Å²) in [5.41, 5.74) is 3.27. The molecule has 0 spiro atoms. The van der Waals surface area contributed by atoms with Crippen molar-refractivity contribution in [3.63, 3.8) is 0 Å². The molecule has 0 aliphatic rings. The Hall–Kier alpha value is -3.15. The van der Waals surface area contributed by atoms with Crippen LogP contribution in [0.15, 0.2) is 48.5 Å². The summed E-state index contributed by atoms with van der Waals surface area (Å²) in [7, 11) is 0. The molecule has 0 fully saturated rings. The molecule has 0 saturated heterocycles. The molecule has 0 saturated carbocycles. The van der Waals surface area contributed by atoms with Crippen LogP contribution in [0.2, 0.25) is 0 Å². The molecule has 0 bridgehead atoms. The van der Waals surface area contributed by atoms with Gasteiger partial charge in [0.25, 0.3) is 11.8 Å². The summed E-state index contributed by atoms with van der Waals surface area (Å²) in [6.07, 6.45) is 1.55. The van der Waals surface area contributed by atoms with Crippen LogP contribution in [-0.4, -0.2) is 43.7 Å². The number of rotatable bonds is 10. The smallest absolute Gasteiger partial charge is 0.257 e. The summed E-state index contributed by atoms with van der Waals surface area (Å²) in [5, 5.41) is 24.9. The number of carbonyl (C=O) groups is 2. The molecule has 0 radical (unpaired) electrons. The molecule has 11 heteroatoms. The maximum atomic E-state index is 12.3.